The number of alkyl halides is 3. The van der Waals surface area contributed by atoms with E-state index in [0.717, 1.165) is 11.1 Å². The number of rotatable bonds is 14. The van der Waals surface area contributed by atoms with E-state index in [1.165, 1.54) is 0 Å². The number of nitrogens with zero attached hydrogens (tertiary/aromatic N) is 1. The molecule has 5 N–H and O–H groups in total. The van der Waals surface area contributed by atoms with Crippen LogP contribution in [0.25, 0.3) is 0 Å². The number of nitrogens with two attached hydrogens (primary N) is 2. The van der Waals surface area contributed by atoms with Gasteiger partial charge in [-0.25, -0.2) is 4.79 Å². The zero-order valence-corrected chi connectivity index (χ0v) is 21.2. The first-order chi connectivity index (χ1) is 18.1. The van der Waals surface area contributed by atoms with Gasteiger partial charge in [0.1, 0.15) is 0 Å². The summed E-state index contributed by atoms with van der Waals surface area (Å²) in [4.78, 5) is 43.3. The number of hydroxylamine groups is 2. The van der Waals surface area contributed by atoms with E-state index >= 15 is 0 Å². The van der Waals surface area contributed by atoms with Crippen molar-refractivity contribution in [3.05, 3.63) is 71.8 Å². The van der Waals surface area contributed by atoms with E-state index in [1.807, 2.05) is 30.3 Å². The number of nitrogens with one attached hydrogen (secondary N) is 1. The van der Waals surface area contributed by atoms with Crippen LogP contribution in [0.15, 0.2) is 60.7 Å². The molecule has 2 rings (SSSR count). The molecule has 1 atom stereocenters. The van der Waals surface area contributed by atoms with E-state index in [4.69, 9.17) is 11.5 Å². The molecule has 38 heavy (non-hydrogen) atoms. The van der Waals surface area contributed by atoms with Crippen LogP contribution in [0, 0.1) is 0 Å². The summed E-state index contributed by atoms with van der Waals surface area (Å²) in [5.74, 6) is -4.33. The standard InChI is InChI=1S/C27H35F3N4O4/c28-27(29,30)25(37)38-34(23(35)15-19-32)26(16-8-18-31,17-14-22-11-5-2-6-12-22)24(36)33-20-7-13-21-9-3-1-4-10-21/h1-6,9-12H,7-8,13-20,31-32H2,(H,33,36)/t26-/m1/s1. The average molecular weight is 537 g/mol. The molecule has 0 fully saturated rings. The molecule has 0 spiro atoms. The quantitative estimate of drug-likeness (QED) is 0.252. The molecule has 0 bridgehead atoms. The highest BCUT2D eigenvalue weighted by Crippen LogP contribution is 2.31. The van der Waals surface area contributed by atoms with Gasteiger partial charge in [-0.1, -0.05) is 60.7 Å². The second kappa shape index (κ2) is 15.1. The van der Waals surface area contributed by atoms with E-state index in [0.29, 0.717) is 17.9 Å². The van der Waals surface area contributed by atoms with Gasteiger partial charge in [0, 0.05) is 19.5 Å². The SMILES string of the molecule is NCCC[C@@](CCc1ccccc1)(C(=O)NCCCc1ccccc1)N(OC(=O)C(F)(F)F)C(=O)CCN. The Balaban J connectivity index is 2.40. The lowest BCUT2D eigenvalue weighted by atomic mass is 9.84. The number of hydrogen-bond donors (Lipinski definition) is 3. The highest BCUT2D eigenvalue weighted by molar-refractivity contribution is 5.92. The predicted octanol–water partition coefficient (Wildman–Crippen LogP) is 3.04. The predicted molar refractivity (Wildman–Crippen MR) is 136 cm³/mol. The summed E-state index contributed by atoms with van der Waals surface area (Å²) in [6.45, 7) is 0.0688. The molecule has 0 aliphatic rings. The van der Waals surface area contributed by atoms with Crippen molar-refractivity contribution in [3.63, 3.8) is 0 Å². The molecular formula is C27H35F3N4O4. The summed E-state index contributed by atoms with van der Waals surface area (Å²) in [6.07, 6.45) is -4.44. The van der Waals surface area contributed by atoms with Crippen LogP contribution in [0.3, 0.4) is 0 Å². The van der Waals surface area contributed by atoms with Gasteiger partial charge in [-0.15, -0.1) is 0 Å². The normalized spacial score (nSPS) is 12.9. The van der Waals surface area contributed by atoms with Crippen molar-refractivity contribution >= 4 is 17.8 Å². The summed E-state index contributed by atoms with van der Waals surface area (Å²) in [6, 6.07) is 18.5. The van der Waals surface area contributed by atoms with Crippen LogP contribution in [0.1, 0.15) is 43.2 Å². The smallest absolute Gasteiger partial charge is 0.354 e. The van der Waals surface area contributed by atoms with Crippen molar-refractivity contribution in [1.82, 2.24) is 10.4 Å². The van der Waals surface area contributed by atoms with Crippen molar-refractivity contribution in [3.8, 4) is 0 Å². The lowest BCUT2D eigenvalue weighted by molar-refractivity contribution is -0.254. The maximum Gasteiger partial charge on any atom is 0.493 e. The minimum Gasteiger partial charge on any atom is -0.354 e. The lowest BCUT2D eigenvalue weighted by Crippen LogP contribution is -2.62. The van der Waals surface area contributed by atoms with Gasteiger partial charge >= 0.3 is 12.1 Å². The second-order valence-electron chi connectivity index (χ2n) is 8.86. The lowest BCUT2D eigenvalue weighted by Gasteiger charge is -2.41. The summed E-state index contributed by atoms with van der Waals surface area (Å²) in [7, 11) is 0. The van der Waals surface area contributed by atoms with Crippen molar-refractivity contribution in [2.24, 2.45) is 11.5 Å². The minimum atomic E-state index is -5.38. The van der Waals surface area contributed by atoms with Gasteiger partial charge in [-0.05, 0) is 56.2 Å². The number of benzene rings is 2. The third-order valence-corrected chi connectivity index (χ3v) is 6.04. The van der Waals surface area contributed by atoms with Crippen molar-refractivity contribution in [1.29, 1.82) is 0 Å². The number of carbonyl (C=O) groups excluding carboxylic acids is 3. The number of halogens is 3. The third kappa shape index (κ3) is 9.14. The number of amides is 2. The highest BCUT2D eigenvalue weighted by atomic mass is 19.4. The average Bonchev–Trinajstić information content (AvgIpc) is 2.91. The van der Waals surface area contributed by atoms with Crippen LogP contribution >= 0.6 is 0 Å². The van der Waals surface area contributed by atoms with Gasteiger partial charge < -0.3 is 21.6 Å². The monoisotopic (exact) mass is 536 g/mol. The molecule has 0 aliphatic heterocycles. The second-order valence-corrected chi connectivity index (χ2v) is 8.86. The molecule has 0 saturated carbocycles. The molecule has 0 saturated heterocycles. The zero-order valence-electron chi connectivity index (χ0n) is 21.2. The Morgan fingerprint density at radius 2 is 1.39 bits per heavy atom. The van der Waals surface area contributed by atoms with Crippen LogP contribution in [-0.2, 0) is 32.1 Å². The Morgan fingerprint density at radius 1 is 0.816 bits per heavy atom. The fraction of sp³-hybridized carbons (Fsp3) is 0.444. The van der Waals surface area contributed by atoms with Gasteiger partial charge in [0.2, 0.25) is 5.91 Å². The van der Waals surface area contributed by atoms with E-state index in [-0.39, 0.29) is 45.3 Å². The van der Waals surface area contributed by atoms with Crippen molar-refractivity contribution in [2.75, 3.05) is 19.6 Å². The van der Waals surface area contributed by atoms with Crippen LogP contribution in [0.5, 0.6) is 0 Å². The maximum atomic E-state index is 13.7. The van der Waals surface area contributed by atoms with E-state index in [1.54, 1.807) is 30.3 Å². The summed E-state index contributed by atoms with van der Waals surface area (Å²) in [5.41, 5.74) is 11.1. The molecule has 0 radical (unpaired) electrons. The summed E-state index contributed by atoms with van der Waals surface area (Å²) < 4.78 is 39.6. The molecule has 2 aromatic carbocycles. The fourth-order valence-electron chi connectivity index (χ4n) is 4.08. The first-order valence-electron chi connectivity index (χ1n) is 12.5. The van der Waals surface area contributed by atoms with Crippen LogP contribution in [0.2, 0.25) is 0 Å². The molecule has 2 aromatic rings. The van der Waals surface area contributed by atoms with Crippen LogP contribution in [-0.4, -0.2) is 54.2 Å². The van der Waals surface area contributed by atoms with Gasteiger partial charge in [-0.2, -0.15) is 18.2 Å². The first kappa shape index (κ1) is 30.8. The topological polar surface area (TPSA) is 128 Å². The molecule has 0 heterocycles. The molecule has 0 aromatic heterocycles. The maximum absolute atomic E-state index is 13.7. The number of carbonyl (C=O) groups is 3. The van der Waals surface area contributed by atoms with E-state index in [9.17, 15) is 27.6 Å². The van der Waals surface area contributed by atoms with Gasteiger partial charge in [0.25, 0.3) is 5.91 Å². The number of hydrogen-bond acceptors (Lipinski definition) is 6. The molecule has 208 valence electrons. The first-order valence-corrected chi connectivity index (χ1v) is 12.5. The van der Waals surface area contributed by atoms with Gasteiger partial charge in [0.15, 0.2) is 5.54 Å². The van der Waals surface area contributed by atoms with E-state index < -0.39 is 35.9 Å². The molecule has 11 heteroatoms. The summed E-state index contributed by atoms with van der Waals surface area (Å²) >= 11 is 0. The van der Waals surface area contributed by atoms with Gasteiger partial charge in [-0.3, -0.25) is 9.59 Å². The van der Waals surface area contributed by atoms with Gasteiger partial charge in [0.05, 0.1) is 0 Å². The number of aryl methyl sites for hydroxylation is 2. The minimum absolute atomic E-state index is 0.0977. The Labute approximate surface area is 220 Å². The third-order valence-electron chi connectivity index (χ3n) is 6.04. The largest absolute Gasteiger partial charge is 0.493 e. The molecule has 8 nitrogen and oxygen atoms in total. The summed E-state index contributed by atoms with van der Waals surface area (Å²) in [5, 5.41) is 3.04. The Kier molecular flexibility index (Phi) is 12.2. The molecule has 0 unspecified atom stereocenters. The van der Waals surface area contributed by atoms with Crippen molar-refractivity contribution in [2.45, 2.75) is 56.7 Å². The zero-order chi connectivity index (χ0) is 28.0. The Hall–Kier alpha value is -3.44. The van der Waals surface area contributed by atoms with Crippen LogP contribution in [0.4, 0.5) is 13.2 Å². The highest BCUT2D eigenvalue weighted by Gasteiger charge is 2.51. The molecular weight excluding hydrogens is 501 g/mol. The van der Waals surface area contributed by atoms with Crippen molar-refractivity contribution < 1.29 is 32.4 Å². The van der Waals surface area contributed by atoms with Crippen LogP contribution < -0.4 is 16.8 Å². The Morgan fingerprint density at radius 3 is 1.92 bits per heavy atom. The Bertz CT molecular complexity index is 1020. The van der Waals surface area contributed by atoms with E-state index in [2.05, 4.69) is 10.2 Å². The fourth-order valence-corrected chi connectivity index (χ4v) is 4.08. The molecule has 2 amide bonds. The molecule has 0 aliphatic carbocycles.